The first kappa shape index (κ1) is 13.3. The lowest BCUT2D eigenvalue weighted by atomic mass is 9.85. The number of para-hydroxylation sites is 1. The molecule has 0 bridgehead atoms. The summed E-state index contributed by atoms with van der Waals surface area (Å²) in [6.07, 6.45) is 3.83. The number of anilines is 1. The molecule has 5 nitrogen and oxygen atoms in total. The van der Waals surface area contributed by atoms with Gasteiger partial charge in [0, 0.05) is 24.4 Å². The van der Waals surface area contributed by atoms with Crippen LogP contribution in [0.25, 0.3) is 0 Å². The van der Waals surface area contributed by atoms with Crippen LogP contribution >= 0.6 is 0 Å². The minimum absolute atomic E-state index is 0.158. The molecule has 4 N–H and O–H groups in total. The van der Waals surface area contributed by atoms with E-state index in [1.165, 1.54) is 19.3 Å². The number of benzene rings is 1. The summed E-state index contributed by atoms with van der Waals surface area (Å²) in [7, 11) is 1.26. The van der Waals surface area contributed by atoms with Gasteiger partial charge in [-0.2, -0.15) is 0 Å². The first-order valence-electron chi connectivity index (χ1n) is 5.74. The number of nitrogens with two attached hydrogens (primary N) is 1. The molecule has 0 amide bonds. The molecule has 2 rings (SSSR count). The van der Waals surface area contributed by atoms with E-state index in [9.17, 15) is 15.0 Å². The number of hydrogen-bond donors (Lipinski definition) is 3. The molecular formula is C14H15NO4. The summed E-state index contributed by atoms with van der Waals surface area (Å²) in [4.78, 5) is 12.4. The number of methoxy groups -OCH3 is 1. The Hall–Kier alpha value is -2.11. The van der Waals surface area contributed by atoms with Crippen LogP contribution in [0.4, 0.5) is 5.69 Å². The van der Waals surface area contributed by atoms with Crippen LogP contribution < -0.4 is 5.73 Å². The van der Waals surface area contributed by atoms with E-state index in [-0.39, 0.29) is 11.5 Å². The van der Waals surface area contributed by atoms with Gasteiger partial charge in [-0.3, -0.25) is 4.79 Å². The normalized spacial score (nSPS) is 26.0. The van der Waals surface area contributed by atoms with Gasteiger partial charge in [-0.25, -0.2) is 0 Å². The average Bonchev–Trinajstić information content (AvgIpc) is 2.38. The minimum atomic E-state index is -1.88. The van der Waals surface area contributed by atoms with E-state index >= 15 is 0 Å². The number of allylic oxidation sites excluding steroid dienone is 1. The van der Waals surface area contributed by atoms with Crippen LogP contribution in [0.15, 0.2) is 48.3 Å². The van der Waals surface area contributed by atoms with Gasteiger partial charge in [0.2, 0.25) is 5.79 Å². The van der Waals surface area contributed by atoms with Gasteiger partial charge >= 0.3 is 0 Å². The number of aliphatic hydroxyl groups excluding tert-OH is 1. The molecule has 0 fully saturated rings. The predicted octanol–water partition coefficient (Wildman–Crippen LogP) is 1.41. The smallest absolute Gasteiger partial charge is 0.202 e. The fraction of sp³-hybridized carbons (Fsp3) is 0.214. The third-order valence-corrected chi connectivity index (χ3v) is 3.10. The lowest BCUT2D eigenvalue weighted by Gasteiger charge is -2.31. The van der Waals surface area contributed by atoms with Crippen LogP contribution in [0.3, 0.4) is 0 Å². The van der Waals surface area contributed by atoms with Crippen LogP contribution in [0.1, 0.15) is 10.4 Å². The van der Waals surface area contributed by atoms with E-state index in [0.29, 0.717) is 11.3 Å². The van der Waals surface area contributed by atoms with Crippen molar-refractivity contribution in [3.8, 4) is 0 Å². The number of rotatable bonds is 3. The Labute approximate surface area is 110 Å². The quantitative estimate of drug-likeness (QED) is 0.434. The van der Waals surface area contributed by atoms with Crippen molar-refractivity contribution >= 4 is 11.5 Å². The zero-order valence-electron chi connectivity index (χ0n) is 10.4. The number of Topliss-reactive ketones (excluding diaryl/α,β-unsaturated/α-hetero) is 1. The molecule has 2 atom stereocenters. The molecule has 19 heavy (non-hydrogen) atoms. The number of carbonyl (C=O) groups is 1. The fourth-order valence-corrected chi connectivity index (χ4v) is 2.03. The second-order valence-corrected chi connectivity index (χ2v) is 4.31. The van der Waals surface area contributed by atoms with Gasteiger partial charge in [0.25, 0.3) is 0 Å². The molecule has 1 aromatic rings. The fourth-order valence-electron chi connectivity index (χ4n) is 2.03. The molecule has 5 heteroatoms. The third kappa shape index (κ3) is 2.38. The minimum Gasteiger partial charge on any atom is -0.508 e. The number of aliphatic hydroxyl groups is 2. The van der Waals surface area contributed by atoms with Gasteiger partial charge < -0.3 is 20.7 Å². The van der Waals surface area contributed by atoms with Gasteiger partial charge in [-0.05, 0) is 18.2 Å². The van der Waals surface area contributed by atoms with Crippen molar-refractivity contribution in [1.82, 2.24) is 0 Å². The van der Waals surface area contributed by atoms with E-state index in [1.807, 2.05) is 0 Å². The number of nitrogen functional groups attached to an aromatic ring is 1. The van der Waals surface area contributed by atoms with Crippen LogP contribution in [-0.4, -0.2) is 28.9 Å². The summed E-state index contributed by atoms with van der Waals surface area (Å²) in [5.41, 5.74) is 6.39. The van der Waals surface area contributed by atoms with Crippen molar-refractivity contribution in [3.05, 3.63) is 53.8 Å². The average molecular weight is 261 g/mol. The highest BCUT2D eigenvalue weighted by Crippen LogP contribution is 2.31. The maximum absolute atomic E-state index is 12.4. The van der Waals surface area contributed by atoms with E-state index in [0.717, 1.165) is 6.08 Å². The molecule has 0 aromatic heterocycles. The lowest BCUT2D eigenvalue weighted by molar-refractivity contribution is -0.164. The number of hydrogen-bond acceptors (Lipinski definition) is 5. The first-order valence-corrected chi connectivity index (χ1v) is 5.74. The van der Waals surface area contributed by atoms with Crippen molar-refractivity contribution < 1.29 is 19.7 Å². The second kappa shape index (κ2) is 4.87. The summed E-state index contributed by atoms with van der Waals surface area (Å²) in [5.74, 6) is -3.37. The van der Waals surface area contributed by atoms with Gasteiger partial charge in [0.1, 0.15) is 5.76 Å². The van der Waals surface area contributed by atoms with Crippen molar-refractivity contribution in [1.29, 1.82) is 0 Å². The molecule has 0 spiro atoms. The monoisotopic (exact) mass is 261 g/mol. The van der Waals surface area contributed by atoms with E-state index in [4.69, 9.17) is 10.5 Å². The Morgan fingerprint density at radius 3 is 2.74 bits per heavy atom. The molecule has 0 saturated carbocycles. The van der Waals surface area contributed by atoms with Crippen molar-refractivity contribution in [2.45, 2.75) is 5.79 Å². The number of ether oxygens (including phenoxy) is 1. The molecule has 0 saturated heterocycles. The van der Waals surface area contributed by atoms with E-state index < -0.39 is 11.7 Å². The third-order valence-electron chi connectivity index (χ3n) is 3.10. The summed E-state index contributed by atoms with van der Waals surface area (Å²) in [5, 5.41) is 19.7. The highest BCUT2D eigenvalue weighted by Gasteiger charge is 2.41. The molecular weight excluding hydrogens is 246 g/mol. The summed E-state index contributed by atoms with van der Waals surface area (Å²) in [6, 6.07) is 6.60. The standard InChI is InChI=1S/C14H15NO4/c1-19-14(18)8-9(16)6-7-11(14)13(17)10-4-2-3-5-12(10)15/h2-8,11,16,18H,15H2,1H3. The molecule has 0 radical (unpaired) electrons. The molecule has 0 heterocycles. The summed E-state index contributed by atoms with van der Waals surface area (Å²) < 4.78 is 4.95. The Balaban J connectivity index is 2.40. The largest absolute Gasteiger partial charge is 0.508 e. The van der Waals surface area contributed by atoms with Crippen LogP contribution in [0.5, 0.6) is 0 Å². The van der Waals surface area contributed by atoms with E-state index in [1.54, 1.807) is 24.3 Å². The molecule has 1 aliphatic carbocycles. The summed E-state index contributed by atoms with van der Waals surface area (Å²) >= 11 is 0. The Bertz CT molecular complexity index is 564. The van der Waals surface area contributed by atoms with Crippen molar-refractivity contribution in [2.24, 2.45) is 5.92 Å². The van der Waals surface area contributed by atoms with Crippen molar-refractivity contribution in [2.75, 3.05) is 12.8 Å². The first-order chi connectivity index (χ1) is 8.98. The topological polar surface area (TPSA) is 92.8 Å². The Morgan fingerprint density at radius 1 is 1.42 bits per heavy atom. The maximum Gasteiger partial charge on any atom is 0.202 e. The van der Waals surface area contributed by atoms with Crippen LogP contribution in [0.2, 0.25) is 0 Å². The zero-order valence-corrected chi connectivity index (χ0v) is 10.4. The Kier molecular flexibility index (Phi) is 3.42. The zero-order chi connectivity index (χ0) is 14.0. The highest BCUT2D eigenvalue weighted by atomic mass is 16.6. The lowest BCUT2D eigenvalue weighted by Crippen LogP contribution is -2.43. The van der Waals surface area contributed by atoms with Crippen LogP contribution in [-0.2, 0) is 4.74 Å². The van der Waals surface area contributed by atoms with Crippen molar-refractivity contribution in [3.63, 3.8) is 0 Å². The number of carbonyl (C=O) groups excluding carboxylic acids is 1. The second-order valence-electron chi connectivity index (χ2n) is 4.31. The van der Waals surface area contributed by atoms with Gasteiger partial charge in [-0.1, -0.05) is 18.2 Å². The van der Waals surface area contributed by atoms with Gasteiger partial charge in [-0.15, -0.1) is 0 Å². The molecule has 1 aromatic carbocycles. The molecule has 2 unspecified atom stereocenters. The molecule has 0 aliphatic heterocycles. The predicted molar refractivity (Wildman–Crippen MR) is 70.5 cm³/mol. The SMILES string of the molecule is COC1(O)C=C(O)C=CC1C(=O)c1ccccc1N. The maximum atomic E-state index is 12.4. The highest BCUT2D eigenvalue weighted by molar-refractivity contribution is 6.04. The Morgan fingerprint density at radius 2 is 2.11 bits per heavy atom. The number of ketones is 1. The van der Waals surface area contributed by atoms with Crippen LogP contribution in [0, 0.1) is 5.92 Å². The molecule has 100 valence electrons. The summed E-state index contributed by atoms with van der Waals surface area (Å²) in [6.45, 7) is 0. The molecule has 1 aliphatic rings. The van der Waals surface area contributed by atoms with E-state index in [2.05, 4.69) is 0 Å². The van der Waals surface area contributed by atoms with Gasteiger partial charge in [0.15, 0.2) is 5.78 Å². The van der Waals surface area contributed by atoms with Gasteiger partial charge in [0.05, 0.1) is 5.92 Å².